The molecule has 3 aromatic rings. The van der Waals surface area contributed by atoms with Crippen molar-refractivity contribution < 1.29 is 14.3 Å². The quantitative estimate of drug-likeness (QED) is 0.448. The number of ether oxygens (including phenoxy) is 1. The van der Waals surface area contributed by atoms with Gasteiger partial charge >= 0.3 is 0 Å². The van der Waals surface area contributed by atoms with E-state index < -0.39 is 11.8 Å². The molecule has 0 saturated carbocycles. The van der Waals surface area contributed by atoms with E-state index in [1.54, 1.807) is 43.5 Å². The smallest absolute Gasteiger partial charge is 0.283 e. The maximum absolute atomic E-state index is 13.4. The number of hydrogen-bond acceptors (Lipinski definition) is 5. The van der Waals surface area contributed by atoms with Crippen LogP contribution in [0.4, 0.5) is 11.4 Å². The molecule has 1 N–H and O–H groups in total. The first-order chi connectivity index (χ1) is 15.0. The fourth-order valence-electron chi connectivity index (χ4n) is 3.05. The number of benzene rings is 3. The summed E-state index contributed by atoms with van der Waals surface area (Å²) in [5, 5.41) is 3.71. The van der Waals surface area contributed by atoms with Crippen LogP contribution in [0.15, 0.2) is 88.3 Å². The molecule has 1 aliphatic rings. The van der Waals surface area contributed by atoms with Gasteiger partial charge in [0, 0.05) is 21.7 Å². The molecule has 0 atom stereocenters. The van der Waals surface area contributed by atoms with Gasteiger partial charge < -0.3 is 10.1 Å². The topological polar surface area (TPSA) is 58.6 Å². The van der Waals surface area contributed by atoms with Crippen molar-refractivity contribution in [1.82, 2.24) is 0 Å². The van der Waals surface area contributed by atoms with Gasteiger partial charge in [-0.25, -0.2) is 4.90 Å². The average molecular weight is 471 g/mol. The summed E-state index contributed by atoms with van der Waals surface area (Å²) in [6.45, 7) is 0. The Bertz CT molecular complexity index is 1200. The summed E-state index contributed by atoms with van der Waals surface area (Å²) in [5.41, 5.74) is 1.05. The van der Waals surface area contributed by atoms with Gasteiger partial charge in [0.05, 0.1) is 17.8 Å². The predicted molar refractivity (Wildman–Crippen MR) is 125 cm³/mol. The fourth-order valence-corrected chi connectivity index (χ4v) is 4.49. The average Bonchev–Trinajstić information content (AvgIpc) is 2.99. The Hall–Kier alpha value is -2.93. The minimum atomic E-state index is -0.504. The third-order valence-corrected chi connectivity index (χ3v) is 6.12. The maximum atomic E-state index is 13.4. The number of thioether (sulfide) groups is 1. The fraction of sp³-hybridized carbons (Fsp3) is 0.0435. The molecule has 3 aromatic carbocycles. The van der Waals surface area contributed by atoms with Crippen LogP contribution in [-0.2, 0) is 9.59 Å². The summed E-state index contributed by atoms with van der Waals surface area (Å²) < 4.78 is 5.25. The van der Waals surface area contributed by atoms with Crippen LogP contribution < -0.4 is 15.0 Å². The van der Waals surface area contributed by atoms with E-state index in [1.165, 1.54) is 17.8 Å². The van der Waals surface area contributed by atoms with Crippen molar-refractivity contribution >= 4 is 58.2 Å². The lowest BCUT2D eigenvalue weighted by Gasteiger charge is -2.17. The Morgan fingerprint density at radius 3 is 2.39 bits per heavy atom. The number of amides is 2. The van der Waals surface area contributed by atoms with Crippen LogP contribution in [-0.4, -0.2) is 18.9 Å². The Kier molecular flexibility index (Phi) is 6.23. The number of halogens is 2. The van der Waals surface area contributed by atoms with Crippen LogP contribution in [0.3, 0.4) is 0 Å². The molecule has 2 amide bonds. The van der Waals surface area contributed by atoms with Crippen molar-refractivity contribution in [2.75, 3.05) is 17.3 Å². The molecule has 0 aliphatic carbocycles. The number of nitrogens with one attached hydrogen (secondary N) is 1. The summed E-state index contributed by atoms with van der Waals surface area (Å²) in [7, 11) is 1.56. The highest BCUT2D eigenvalue weighted by atomic mass is 35.5. The van der Waals surface area contributed by atoms with Crippen LogP contribution in [0.2, 0.25) is 10.0 Å². The molecular formula is C23H16Cl2N2O3S. The molecule has 4 rings (SSSR count). The van der Waals surface area contributed by atoms with Gasteiger partial charge in [-0.3, -0.25) is 9.59 Å². The highest BCUT2D eigenvalue weighted by molar-refractivity contribution is 8.04. The lowest BCUT2D eigenvalue weighted by Crippen LogP contribution is -2.32. The molecule has 0 fully saturated rings. The SMILES string of the molecule is COc1cccc(NC2=C(Sc3ccccc3)C(=O)N(c3ccc(Cl)cc3Cl)C2=O)c1. The van der Waals surface area contributed by atoms with E-state index in [-0.39, 0.29) is 21.3 Å². The Morgan fingerprint density at radius 1 is 0.903 bits per heavy atom. The molecular weight excluding hydrogens is 455 g/mol. The third kappa shape index (κ3) is 4.42. The standard InChI is InChI=1S/C23H16Cl2N2O3S/c1-30-16-7-5-6-15(13-16)26-20-21(31-17-8-3-2-4-9-17)23(29)27(22(20)28)19-11-10-14(24)12-18(19)25/h2-13,26H,1H3. The minimum Gasteiger partial charge on any atom is -0.497 e. The molecule has 0 bridgehead atoms. The van der Waals surface area contributed by atoms with Crippen molar-refractivity contribution in [1.29, 1.82) is 0 Å². The van der Waals surface area contributed by atoms with Gasteiger partial charge in [-0.2, -0.15) is 0 Å². The second-order valence-electron chi connectivity index (χ2n) is 6.52. The largest absolute Gasteiger partial charge is 0.497 e. The first kappa shape index (κ1) is 21.3. The van der Waals surface area contributed by atoms with Gasteiger partial charge in [-0.15, -0.1) is 0 Å². The van der Waals surface area contributed by atoms with Crippen molar-refractivity contribution in [3.05, 3.63) is 93.4 Å². The second-order valence-corrected chi connectivity index (χ2v) is 8.45. The molecule has 31 heavy (non-hydrogen) atoms. The lowest BCUT2D eigenvalue weighted by atomic mass is 10.2. The van der Waals surface area contributed by atoms with E-state index in [0.717, 1.165) is 9.80 Å². The van der Waals surface area contributed by atoms with Crippen LogP contribution in [0.1, 0.15) is 0 Å². The molecule has 0 radical (unpaired) electrons. The molecule has 0 saturated heterocycles. The Balaban J connectivity index is 1.76. The summed E-state index contributed by atoms with van der Waals surface area (Å²) in [6, 6.07) is 21.1. The van der Waals surface area contributed by atoms with E-state index in [0.29, 0.717) is 16.5 Å². The molecule has 1 aliphatic heterocycles. The Labute approximate surface area is 193 Å². The highest BCUT2D eigenvalue weighted by Gasteiger charge is 2.41. The zero-order valence-corrected chi connectivity index (χ0v) is 18.6. The van der Waals surface area contributed by atoms with Crippen molar-refractivity contribution in [2.45, 2.75) is 4.90 Å². The number of methoxy groups -OCH3 is 1. The summed E-state index contributed by atoms with van der Waals surface area (Å²) in [5.74, 6) is -0.346. The molecule has 5 nitrogen and oxygen atoms in total. The van der Waals surface area contributed by atoms with E-state index in [1.807, 2.05) is 30.3 Å². The first-order valence-electron chi connectivity index (χ1n) is 9.20. The number of hydrogen-bond donors (Lipinski definition) is 1. The second kappa shape index (κ2) is 9.06. The van der Waals surface area contributed by atoms with Crippen LogP contribution >= 0.6 is 35.0 Å². The van der Waals surface area contributed by atoms with Crippen LogP contribution in [0.25, 0.3) is 0 Å². The number of carbonyl (C=O) groups is 2. The van der Waals surface area contributed by atoms with E-state index in [2.05, 4.69) is 5.32 Å². The van der Waals surface area contributed by atoms with Crippen LogP contribution in [0.5, 0.6) is 5.75 Å². The number of imide groups is 1. The van der Waals surface area contributed by atoms with E-state index in [4.69, 9.17) is 27.9 Å². The van der Waals surface area contributed by atoms with Gasteiger partial charge in [0.25, 0.3) is 11.8 Å². The third-order valence-electron chi connectivity index (χ3n) is 4.49. The van der Waals surface area contributed by atoms with Crippen molar-refractivity contribution in [3.8, 4) is 5.75 Å². The zero-order chi connectivity index (χ0) is 22.0. The summed E-state index contributed by atoms with van der Waals surface area (Å²) >= 11 is 13.5. The molecule has 0 spiro atoms. The molecule has 156 valence electrons. The van der Waals surface area contributed by atoms with Gasteiger partial charge in [-0.1, -0.05) is 59.2 Å². The van der Waals surface area contributed by atoms with Gasteiger partial charge in [0.1, 0.15) is 16.4 Å². The monoisotopic (exact) mass is 470 g/mol. The lowest BCUT2D eigenvalue weighted by molar-refractivity contribution is -0.120. The first-order valence-corrected chi connectivity index (χ1v) is 10.8. The summed E-state index contributed by atoms with van der Waals surface area (Å²) in [4.78, 5) is 28.9. The van der Waals surface area contributed by atoms with Gasteiger partial charge in [-0.05, 0) is 42.5 Å². The van der Waals surface area contributed by atoms with E-state index in [9.17, 15) is 9.59 Å². The van der Waals surface area contributed by atoms with Crippen molar-refractivity contribution in [2.24, 2.45) is 0 Å². The zero-order valence-electron chi connectivity index (χ0n) is 16.3. The van der Waals surface area contributed by atoms with Gasteiger partial charge in [0.15, 0.2) is 0 Å². The molecule has 0 unspecified atom stereocenters. The van der Waals surface area contributed by atoms with Gasteiger partial charge in [0.2, 0.25) is 0 Å². The number of carbonyl (C=O) groups excluding carboxylic acids is 2. The number of rotatable bonds is 6. The molecule has 0 aromatic heterocycles. The highest BCUT2D eigenvalue weighted by Crippen LogP contribution is 2.40. The Morgan fingerprint density at radius 2 is 1.68 bits per heavy atom. The molecule has 8 heteroatoms. The number of anilines is 2. The summed E-state index contributed by atoms with van der Waals surface area (Å²) in [6.07, 6.45) is 0. The molecule has 1 heterocycles. The van der Waals surface area contributed by atoms with Crippen LogP contribution in [0, 0.1) is 0 Å². The predicted octanol–water partition coefficient (Wildman–Crippen LogP) is 5.99. The van der Waals surface area contributed by atoms with Crippen molar-refractivity contribution in [3.63, 3.8) is 0 Å². The normalized spacial score (nSPS) is 13.7. The maximum Gasteiger partial charge on any atom is 0.283 e. The van der Waals surface area contributed by atoms with E-state index >= 15 is 0 Å². The minimum absolute atomic E-state index is 0.165. The number of nitrogens with zero attached hydrogens (tertiary/aromatic N) is 1.